The standard InChI is InChI=1S/C16H16N2O/c17-9-14-16(15(10-19)18-14)13-7-5-12(6-8-13)4-3-11-1-2-11/h5-8,11,14-16,18-19H,1-2,10H2/t14-,15+,16+/m0/s1. The first-order valence-corrected chi connectivity index (χ1v) is 6.70. The SMILES string of the molecule is N#C[C@@H]1N[C@H](CO)[C@@H]1c1ccc(C#CC2CC2)cc1. The van der Waals surface area contributed by atoms with Gasteiger partial charge in [0.15, 0.2) is 0 Å². The lowest BCUT2D eigenvalue weighted by Crippen LogP contribution is -2.60. The second-order valence-electron chi connectivity index (χ2n) is 5.25. The molecule has 3 heteroatoms. The number of rotatable bonds is 2. The van der Waals surface area contributed by atoms with Gasteiger partial charge in [-0.3, -0.25) is 5.32 Å². The van der Waals surface area contributed by atoms with Crippen molar-refractivity contribution in [1.82, 2.24) is 5.32 Å². The number of hydrogen-bond acceptors (Lipinski definition) is 3. The first kappa shape index (κ1) is 12.2. The topological polar surface area (TPSA) is 56.0 Å². The summed E-state index contributed by atoms with van der Waals surface area (Å²) in [7, 11) is 0. The van der Waals surface area contributed by atoms with Crippen molar-refractivity contribution in [2.24, 2.45) is 5.92 Å². The molecule has 1 aliphatic carbocycles. The molecule has 1 aromatic rings. The van der Waals surface area contributed by atoms with E-state index in [-0.39, 0.29) is 24.6 Å². The Kier molecular flexibility index (Phi) is 3.25. The Labute approximate surface area is 113 Å². The van der Waals surface area contributed by atoms with Gasteiger partial charge in [0, 0.05) is 23.4 Å². The molecule has 3 nitrogen and oxygen atoms in total. The molecule has 2 N–H and O–H groups in total. The fraction of sp³-hybridized carbons (Fsp3) is 0.438. The Bertz CT molecular complexity index is 557. The van der Waals surface area contributed by atoms with Gasteiger partial charge in [0.25, 0.3) is 0 Å². The van der Waals surface area contributed by atoms with Crippen LogP contribution in [0.15, 0.2) is 24.3 Å². The predicted octanol–water partition coefficient (Wildman–Crippen LogP) is 1.39. The van der Waals surface area contributed by atoms with Crippen LogP contribution in [0.1, 0.15) is 29.9 Å². The number of hydrogen-bond donors (Lipinski definition) is 2. The van der Waals surface area contributed by atoms with Crippen LogP contribution in [0.2, 0.25) is 0 Å². The normalized spacial score (nSPS) is 28.7. The van der Waals surface area contributed by atoms with Crippen LogP contribution < -0.4 is 5.32 Å². The molecule has 0 unspecified atom stereocenters. The highest BCUT2D eigenvalue weighted by Gasteiger charge is 2.40. The summed E-state index contributed by atoms with van der Waals surface area (Å²) in [6, 6.07) is 10.1. The maximum absolute atomic E-state index is 9.24. The maximum Gasteiger partial charge on any atom is 0.104 e. The zero-order chi connectivity index (χ0) is 13.2. The number of nitriles is 1. The Balaban J connectivity index is 1.75. The van der Waals surface area contributed by atoms with E-state index in [2.05, 4.69) is 23.2 Å². The van der Waals surface area contributed by atoms with Crippen molar-refractivity contribution in [1.29, 1.82) is 5.26 Å². The number of nitrogens with one attached hydrogen (secondary N) is 1. The lowest BCUT2D eigenvalue weighted by atomic mass is 9.78. The van der Waals surface area contributed by atoms with E-state index in [9.17, 15) is 5.11 Å². The van der Waals surface area contributed by atoms with Gasteiger partial charge in [-0.2, -0.15) is 5.26 Å². The van der Waals surface area contributed by atoms with Gasteiger partial charge >= 0.3 is 0 Å². The fourth-order valence-electron chi connectivity index (χ4n) is 2.46. The van der Waals surface area contributed by atoms with Gasteiger partial charge < -0.3 is 5.11 Å². The molecule has 19 heavy (non-hydrogen) atoms. The summed E-state index contributed by atoms with van der Waals surface area (Å²) < 4.78 is 0. The molecule has 1 aromatic carbocycles. The average molecular weight is 252 g/mol. The predicted molar refractivity (Wildman–Crippen MR) is 72.2 cm³/mol. The lowest BCUT2D eigenvalue weighted by molar-refractivity contribution is 0.151. The molecule has 2 fully saturated rings. The Morgan fingerprint density at radius 1 is 1.26 bits per heavy atom. The number of nitrogens with zero attached hydrogens (tertiary/aromatic N) is 1. The molecule has 0 aromatic heterocycles. The number of benzene rings is 1. The minimum atomic E-state index is -0.194. The van der Waals surface area contributed by atoms with Crippen molar-refractivity contribution in [3.05, 3.63) is 35.4 Å². The molecular formula is C16H16N2O. The van der Waals surface area contributed by atoms with E-state index in [0.717, 1.165) is 11.1 Å². The number of aliphatic hydroxyl groups is 1. The molecule has 1 saturated carbocycles. The molecule has 1 aliphatic heterocycles. The maximum atomic E-state index is 9.24. The minimum Gasteiger partial charge on any atom is -0.395 e. The molecular weight excluding hydrogens is 236 g/mol. The summed E-state index contributed by atoms with van der Waals surface area (Å²) in [5.74, 6) is 7.11. The molecule has 0 amide bonds. The first-order chi connectivity index (χ1) is 9.31. The quantitative estimate of drug-likeness (QED) is 0.782. The summed E-state index contributed by atoms with van der Waals surface area (Å²) in [4.78, 5) is 0. The fourth-order valence-corrected chi connectivity index (χ4v) is 2.46. The third-order valence-electron chi connectivity index (χ3n) is 3.82. The van der Waals surface area contributed by atoms with Crippen molar-refractivity contribution in [2.75, 3.05) is 6.61 Å². The molecule has 1 heterocycles. The molecule has 1 saturated heterocycles. The molecule has 96 valence electrons. The van der Waals surface area contributed by atoms with Crippen molar-refractivity contribution in [3.8, 4) is 17.9 Å². The van der Waals surface area contributed by atoms with Gasteiger partial charge in [0.2, 0.25) is 0 Å². The van der Waals surface area contributed by atoms with Crippen LogP contribution in [-0.4, -0.2) is 23.8 Å². The van der Waals surface area contributed by atoms with Crippen molar-refractivity contribution in [2.45, 2.75) is 30.8 Å². The molecule has 0 bridgehead atoms. The summed E-state index contributed by atoms with van der Waals surface area (Å²) in [6.45, 7) is 0.0616. The smallest absolute Gasteiger partial charge is 0.104 e. The lowest BCUT2D eigenvalue weighted by Gasteiger charge is -2.41. The van der Waals surface area contributed by atoms with E-state index < -0.39 is 0 Å². The van der Waals surface area contributed by atoms with E-state index in [1.807, 2.05) is 24.3 Å². The zero-order valence-corrected chi connectivity index (χ0v) is 10.6. The highest BCUT2D eigenvalue weighted by Crippen LogP contribution is 2.32. The highest BCUT2D eigenvalue weighted by molar-refractivity contribution is 5.40. The van der Waals surface area contributed by atoms with E-state index in [0.29, 0.717) is 5.92 Å². The summed E-state index contributed by atoms with van der Waals surface area (Å²) in [5, 5.41) is 21.3. The van der Waals surface area contributed by atoms with Crippen LogP contribution in [0.5, 0.6) is 0 Å². The molecule has 0 spiro atoms. The summed E-state index contributed by atoms with van der Waals surface area (Å²) >= 11 is 0. The minimum absolute atomic E-state index is 0.00644. The van der Waals surface area contributed by atoms with Crippen LogP contribution >= 0.6 is 0 Å². The number of aliphatic hydroxyl groups excluding tert-OH is 1. The third-order valence-corrected chi connectivity index (χ3v) is 3.82. The summed E-state index contributed by atoms with van der Waals surface area (Å²) in [6.07, 6.45) is 2.47. The Hall–Kier alpha value is -1.81. The van der Waals surface area contributed by atoms with Crippen LogP contribution in [0, 0.1) is 29.1 Å². The van der Waals surface area contributed by atoms with E-state index in [4.69, 9.17) is 5.26 Å². The monoisotopic (exact) mass is 252 g/mol. The first-order valence-electron chi connectivity index (χ1n) is 6.70. The van der Waals surface area contributed by atoms with Gasteiger partial charge in [-0.05, 0) is 30.5 Å². The molecule has 3 rings (SSSR count). The van der Waals surface area contributed by atoms with Crippen LogP contribution in [0.25, 0.3) is 0 Å². The molecule has 0 radical (unpaired) electrons. The van der Waals surface area contributed by atoms with Crippen molar-refractivity contribution < 1.29 is 5.11 Å². The van der Waals surface area contributed by atoms with Crippen LogP contribution in [-0.2, 0) is 0 Å². The van der Waals surface area contributed by atoms with Crippen molar-refractivity contribution in [3.63, 3.8) is 0 Å². The van der Waals surface area contributed by atoms with Crippen LogP contribution in [0.4, 0.5) is 0 Å². The Morgan fingerprint density at radius 3 is 2.58 bits per heavy atom. The second kappa shape index (κ2) is 5.05. The van der Waals surface area contributed by atoms with E-state index in [1.54, 1.807) is 0 Å². The Morgan fingerprint density at radius 2 is 2.00 bits per heavy atom. The van der Waals surface area contributed by atoms with Gasteiger partial charge in [-0.15, -0.1) is 0 Å². The largest absolute Gasteiger partial charge is 0.395 e. The van der Waals surface area contributed by atoms with Crippen LogP contribution in [0.3, 0.4) is 0 Å². The summed E-state index contributed by atoms with van der Waals surface area (Å²) in [5.41, 5.74) is 2.12. The van der Waals surface area contributed by atoms with E-state index >= 15 is 0 Å². The highest BCUT2D eigenvalue weighted by atomic mass is 16.3. The molecule has 3 atom stereocenters. The van der Waals surface area contributed by atoms with Crippen molar-refractivity contribution >= 4 is 0 Å². The van der Waals surface area contributed by atoms with Gasteiger partial charge in [0.1, 0.15) is 6.04 Å². The second-order valence-corrected chi connectivity index (χ2v) is 5.25. The molecule has 2 aliphatic rings. The van der Waals surface area contributed by atoms with Gasteiger partial charge in [0.05, 0.1) is 12.7 Å². The average Bonchev–Trinajstić information content (AvgIpc) is 3.22. The van der Waals surface area contributed by atoms with Gasteiger partial charge in [-0.25, -0.2) is 0 Å². The third kappa shape index (κ3) is 2.49. The van der Waals surface area contributed by atoms with Gasteiger partial charge in [-0.1, -0.05) is 24.0 Å². The zero-order valence-electron chi connectivity index (χ0n) is 10.6. The van der Waals surface area contributed by atoms with E-state index in [1.165, 1.54) is 12.8 Å².